The van der Waals surface area contributed by atoms with Crippen LogP contribution in [0.4, 0.5) is 0 Å². The largest absolute Gasteiger partial charge is 0.504 e. The maximum atomic E-state index is 12.1. The van der Waals surface area contributed by atoms with Crippen molar-refractivity contribution in [3.05, 3.63) is 47.6 Å². The van der Waals surface area contributed by atoms with Crippen molar-refractivity contribution in [2.45, 2.75) is 0 Å². The number of carbonyl (C=O) groups excluding carboxylic acids is 2. The Balaban J connectivity index is 2.33. The number of allylic oxidation sites excluding steroid dienone is 2. The molecule has 0 saturated heterocycles. The summed E-state index contributed by atoms with van der Waals surface area (Å²) in [6, 6.07) is 5.23. The highest BCUT2D eigenvalue weighted by molar-refractivity contribution is 6.38. The number of nitrogens with one attached hydrogen (secondary N) is 1. The molecule has 0 radical (unpaired) electrons. The van der Waals surface area contributed by atoms with Gasteiger partial charge in [-0.15, -0.1) is 0 Å². The highest BCUT2D eigenvalue weighted by Gasteiger charge is 2.31. The summed E-state index contributed by atoms with van der Waals surface area (Å²) in [6.07, 6.45) is 2.19. The van der Waals surface area contributed by atoms with E-state index in [0.717, 1.165) is 0 Å². The smallest absolute Gasteiger partial charge is 0.231 e. The number of Topliss-reactive ketones (excluding diaryl/α,β-unsaturated/α-hetero) is 1. The molecular formula is C15H11NO5. The van der Waals surface area contributed by atoms with Crippen molar-refractivity contribution in [2.24, 2.45) is 0 Å². The number of hydrogen-bond acceptors (Lipinski definition) is 5. The first-order valence-corrected chi connectivity index (χ1v) is 6.12. The fourth-order valence-corrected chi connectivity index (χ4v) is 2.39. The standard InChI is InChI=1S/C15H11NO5/c1-21-11-4-2-3-8-12(11)7(6-16-8)13-14(19)9(17)5-10(18)15(13)20/h2-6,16-17,20H,1H3. The second-order valence-corrected chi connectivity index (χ2v) is 4.53. The van der Waals surface area contributed by atoms with Gasteiger partial charge < -0.3 is 19.9 Å². The van der Waals surface area contributed by atoms with Crippen molar-refractivity contribution in [3.8, 4) is 5.75 Å². The van der Waals surface area contributed by atoms with E-state index in [2.05, 4.69) is 4.98 Å². The van der Waals surface area contributed by atoms with E-state index >= 15 is 0 Å². The molecule has 0 saturated carbocycles. The fraction of sp³-hybridized carbons (Fsp3) is 0.0667. The van der Waals surface area contributed by atoms with Crippen LogP contribution in [0.25, 0.3) is 16.5 Å². The molecule has 0 fully saturated rings. The number of carbonyl (C=O) groups is 2. The monoisotopic (exact) mass is 285 g/mol. The van der Waals surface area contributed by atoms with Crippen LogP contribution >= 0.6 is 0 Å². The summed E-state index contributed by atoms with van der Waals surface area (Å²) in [4.78, 5) is 26.6. The molecule has 1 aromatic carbocycles. The summed E-state index contributed by atoms with van der Waals surface area (Å²) in [5.41, 5.74) is 0.743. The molecule has 0 aliphatic heterocycles. The van der Waals surface area contributed by atoms with Crippen LogP contribution in [0.5, 0.6) is 5.75 Å². The number of rotatable bonds is 2. The van der Waals surface area contributed by atoms with Crippen molar-refractivity contribution in [1.82, 2.24) is 4.98 Å². The molecule has 3 rings (SSSR count). The molecule has 3 N–H and O–H groups in total. The molecule has 1 heterocycles. The van der Waals surface area contributed by atoms with Gasteiger partial charge in [0.05, 0.1) is 12.7 Å². The van der Waals surface area contributed by atoms with E-state index in [1.165, 1.54) is 13.3 Å². The van der Waals surface area contributed by atoms with Crippen LogP contribution in [0.3, 0.4) is 0 Å². The zero-order valence-electron chi connectivity index (χ0n) is 11.0. The minimum atomic E-state index is -0.814. The lowest BCUT2D eigenvalue weighted by molar-refractivity contribution is -0.117. The molecule has 0 unspecified atom stereocenters. The molecule has 6 heteroatoms. The fourth-order valence-electron chi connectivity index (χ4n) is 2.39. The van der Waals surface area contributed by atoms with Gasteiger partial charge in [-0.25, -0.2) is 0 Å². The second-order valence-electron chi connectivity index (χ2n) is 4.53. The number of H-pyrrole nitrogens is 1. The maximum absolute atomic E-state index is 12.1. The summed E-state index contributed by atoms with van der Waals surface area (Å²) in [6.45, 7) is 0. The molecule has 0 bridgehead atoms. The quantitative estimate of drug-likeness (QED) is 0.733. The number of aliphatic hydroxyl groups excluding tert-OH is 2. The van der Waals surface area contributed by atoms with Gasteiger partial charge in [0.25, 0.3) is 0 Å². The molecule has 106 valence electrons. The second kappa shape index (κ2) is 4.52. The molecule has 0 atom stereocenters. The number of aromatic nitrogens is 1. The lowest BCUT2D eigenvalue weighted by atomic mass is 9.93. The minimum Gasteiger partial charge on any atom is -0.504 e. The normalized spacial score (nSPS) is 15.6. The van der Waals surface area contributed by atoms with E-state index in [4.69, 9.17) is 4.74 Å². The number of benzene rings is 1. The first kappa shape index (κ1) is 13.0. The Hall–Kier alpha value is -3.02. The van der Waals surface area contributed by atoms with Crippen molar-refractivity contribution in [3.63, 3.8) is 0 Å². The summed E-state index contributed by atoms with van der Waals surface area (Å²) in [5.74, 6) is -2.52. The van der Waals surface area contributed by atoms with Gasteiger partial charge >= 0.3 is 0 Å². The number of ether oxygens (including phenoxy) is 1. The highest BCUT2D eigenvalue weighted by atomic mass is 16.5. The molecule has 21 heavy (non-hydrogen) atoms. The van der Waals surface area contributed by atoms with Gasteiger partial charge in [-0.1, -0.05) is 6.07 Å². The van der Waals surface area contributed by atoms with E-state index in [1.807, 2.05) is 0 Å². The topological polar surface area (TPSA) is 99.6 Å². The third kappa shape index (κ3) is 1.80. The van der Waals surface area contributed by atoms with E-state index in [1.54, 1.807) is 18.2 Å². The Morgan fingerprint density at radius 3 is 2.67 bits per heavy atom. The van der Waals surface area contributed by atoms with Crippen LogP contribution in [-0.4, -0.2) is 33.9 Å². The lowest BCUT2D eigenvalue weighted by Crippen LogP contribution is -2.18. The van der Waals surface area contributed by atoms with E-state index in [-0.39, 0.29) is 5.57 Å². The predicted molar refractivity (Wildman–Crippen MR) is 75.1 cm³/mol. The number of hydrogen-bond donors (Lipinski definition) is 3. The Bertz CT molecular complexity index is 841. The molecule has 0 spiro atoms. The first-order valence-electron chi connectivity index (χ1n) is 6.12. The summed E-state index contributed by atoms with van der Waals surface area (Å²) in [7, 11) is 1.48. The van der Waals surface area contributed by atoms with Crippen LogP contribution in [0.2, 0.25) is 0 Å². The van der Waals surface area contributed by atoms with Crippen molar-refractivity contribution < 1.29 is 24.5 Å². The van der Waals surface area contributed by atoms with Crippen LogP contribution in [0.15, 0.2) is 42.0 Å². The van der Waals surface area contributed by atoms with Gasteiger partial charge in [0.2, 0.25) is 11.6 Å². The van der Waals surface area contributed by atoms with Gasteiger partial charge in [-0.05, 0) is 12.1 Å². The van der Waals surface area contributed by atoms with Crippen LogP contribution < -0.4 is 4.74 Å². The minimum absolute atomic E-state index is 0.240. The van der Waals surface area contributed by atoms with E-state index in [9.17, 15) is 19.8 Å². The van der Waals surface area contributed by atoms with Gasteiger partial charge in [-0.2, -0.15) is 0 Å². The molecule has 1 aliphatic rings. The van der Waals surface area contributed by atoms with Gasteiger partial charge in [0, 0.05) is 28.7 Å². The summed E-state index contributed by atoms with van der Waals surface area (Å²) < 4.78 is 5.24. The highest BCUT2D eigenvalue weighted by Crippen LogP contribution is 2.36. The lowest BCUT2D eigenvalue weighted by Gasteiger charge is -2.12. The van der Waals surface area contributed by atoms with Crippen molar-refractivity contribution >= 4 is 28.0 Å². The van der Waals surface area contributed by atoms with Crippen molar-refractivity contribution in [1.29, 1.82) is 0 Å². The average molecular weight is 285 g/mol. The van der Waals surface area contributed by atoms with Gasteiger partial charge in [0.1, 0.15) is 5.75 Å². The zero-order valence-corrected chi connectivity index (χ0v) is 11.0. The van der Waals surface area contributed by atoms with E-state index < -0.39 is 23.1 Å². The maximum Gasteiger partial charge on any atom is 0.231 e. The van der Waals surface area contributed by atoms with Gasteiger partial charge in [-0.3, -0.25) is 9.59 Å². The van der Waals surface area contributed by atoms with E-state index in [0.29, 0.717) is 28.3 Å². The third-order valence-electron chi connectivity index (χ3n) is 3.35. The number of methoxy groups -OCH3 is 1. The van der Waals surface area contributed by atoms with Gasteiger partial charge in [0.15, 0.2) is 11.5 Å². The SMILES string of the molecule is COc1cccc2[nH]cc(C3=C(O)C(=O)C=C(O)C3=O)c12. The molecule has 2 aromatic rings. The number of ketones is 2. The Labute approximate surface area is 119 Å². The molecular weight excluding hydrogens is 274 g/mol. The number of aliphatic hydroxyl groups is 2. The van der Waals surface area contributed by atoms with Crippen LogP contribution in [0, 0.1) is 0 Å². The Kier molecular flexibility index (Phi) is 2.79. The average Bonchev–Trinajstić information content (AvgIpc) is 2.89. The number of aromatic amines is 1. The van der Waals surface area contributed by atoms with Crippen molar-refractivity contribution in [2.75, 3.05) is 7.11 Å². The Morgan fingerprint density at radius 1 is 1.19 bits per heavy atom. The first-order chi connectivity index (χ1) is 10.0. The predicted octanol–water partition coefficient (Wildman–Crippen LogP) is 2.04. The Morgan fingerprint density at radius 2 is 1.95 bits per heavy atom. The zero-order chi connectivity index (χ0) is 15.1. The van der Waals surface area contributed by atoms with Crippen LogP contribution in [-0.2, 0) is 9.59 Å². The molecule has 1 aliphatic carbocycles. The molecule has 1 aromatic heterocycles. The molecule has 0 amide bonds. The summed E-state index contributed by atoms with van der Waals surface area (Å²) >= 11 is 0. The number of fused-ring (bicyclic) bond motifs is 1. The molecule has 6 nitrogen and oxygen atoms in total. The third-order valence-corrected chi connectivity index (χ3v) is 3.35. The van der Waals surface area contributed by atoms with Crippen LogP contribution in [0.1, 0.15) is 5.56 Å². The summed E-state index contributed by atoms with van der Waals surface area (Å²) in [5, 5.41) is 20.0.